The smallest absolute Gasteiger partial charge is 0.326 e. The summed E-state index contributed by atoms with van der Waals surface area (Å²) in [5.41, 5.74) is 6.62. The summed E-state index contributed by atoms with van der Waals surface area (Å²) in [6.45, 7) is 9.59. The van der Waals surface area contributed by atoms with E-state index in [1.54, 1.807) is 36.9 Å². The molecule has 0 bridgehead atoms. The van der Waals surface area contributed by atoms with Crippen molar-refractivity contribution in [3.63, 3.8) is 0 Å². The van der Waals surface area contributed by atoms with Gasteiger partial charge in [-0.1, -0.05) is 30.7 Å². The van der Waals surface area contributed by atoms with E-state index in [9.17, 15) is 9.36 Å². The van der Waals surface area contributed by atoms with E-state index in [0.29, 0.717) is 35.0 Å². The van der Waals surface area contributed by atoms with Crippen LogP contribution in [0.1, 0.15) is 52.6 Å². The number of nitrogens with two attached hydrogens (primary N) is 1. The van der Waals surface area contributed by atoms with Crippen molar-refractivity contribution in [3.8, 4) is 0 Å². The van der Waals surface area contributed by atoms with Gasteiger partial charge in [-0.3, -0.25) is 9.36 Å². The minimum Gasteiger partial charge on any atom is -0.464 e. The lowest BCUT2D eigenvalue weighted by atomic mass is 10.1. The molecule has 3 rings (SSSR count). The van der Waals surface area contributed by atoms with Gasteiger partial charge in [-0.05, 0) is 51.8 Å². The van der Waals surface area contributed by atoms with Crippen LogP contribution in [0.3, 0.4) is 0 Å². The van der Waals surface area contributed by atoms with Gasteiger partial charge < -0.3 is 19.8 Å². The summed E-state index contributed by atoms with van der Waals surface area (Å²) in [5, 5.41) is 6.77. The zero-order valence-corrected chi connectivity index (χ0v) is 23.4. The molecule has 2 aromatic heterocycles. The number of aromatic nitrogens is 4. The molecule has 1 aromatic carbocycles. The molecule has 0 spiro atoms. The van der Waals surface area contributed by atoms with Gasteiger partial charge in [-0.2, -0.15) is 0 Å². The highest BCUT2D eigenvalue weighted by atomic mass is 35.5. The van der Waals surface area contributed by atoms with E-state index >= 15 is 0 Å². The van der Waals surface area contributed by atoms with Crippen LogP contribution in [0.5, 0.6) is 0 Å². The lowest BCUT2D eigenvalue weighted by Gasteiger charge is -2.33. The highest BCUT2D eigenvalue weighted by Crippen LogP contribution is 2.42. The Morgan fingerprint density at radius 1 is 1.22 bits per heavy atom. The second kappa shape index (κ2) is 12.3. The van der Waals surface area contributed by atoms with Crippen molar-refractivity contribution in [2.24, 2.45) is 0 Å². The Bertz CT molecular complexity index is 1250. The number of halogens is 1. The minimum atomic E-state index is -3.49. The van der Waals surface area contributed by atoms with Gasteiger partial charge in [0.2, 0.25) is 7.44 Å². The van der Waals surface area contributed by atoms with Gasteiger partial charge in [0.25, 0.3) is 0 Å². The summed E-state index contributed by atoms with van der Waals surface area (Å²) >= 11 is 6.02. The Kier molecular flexibility index (Phi) is 9.66. The van der Waals surface area contributed by atoms with Crippen LogP contribution in [-0.2, 0) is 25.4 Å². The van der Waals surface area contributed by atoms with E-state index < -0.39 is 19.0 Å². The lowest BCUT2D eigenvalue weighted by molar-refractivity contribution is -0.149. The molecule has 0 radical (unpaired) electrons. The molecule has 3 atom stereocenters. The van der Waals surface area contributed by atoms with Crippen molar-refractivity contribution in [1.29, 1.82) is 0 Å². The largest absolute Gasteiger partial charge is 0.464 e. The first-order valence-corrected chi connectivity index (χ1v) is 14.3. The number of benzene rings is 1. The van der Waals surface area contributed by atoms with Crippen molar-refractivity contribution in [2.45, 2.75) is 65.3 Å². The number of carbonyl (C=O) groups is 1. The van der Waals surface area contributed by atoms with Crippen LogP contribution in [-0.4, -0.2) is 50.1 Å². The van der Waals surface area contributed by atoms with E-state index in [1.807, 2.05) is 32.9 Å². The van der Waals surface area contributed by atoms with Crippen LogP contribution in [0.15, 0.2) is 36.9 Å². The molecule has 0 saturated carbocycles. The number of nitrogen functional groups attached to an aromatic ring is 1. The van der Waals surface area contributed by atoms with Crippen molar-refractivity contribution >= 4 is 42.0 Å². The molecule has 202 valence electrons. The van der Waals surface area contributed by atoms with Gasteiger partial charge in [0, 0.05) is 11.1 Å². The molecule has 0 amide bonds. The number of fused-ring (bicyclic) bond motifs is 1. The molecule has 0 aliphatic rings. The molecule has 0 aliphatic heterocycles. The maximum atomic E-state index is 14.2. The summed E-state index contributed by atoms with van der Waals surface area (Å²) in [6, 6.07) is 6.92. The molecule has 2 heterocycles. The third kappa shape index (κ3) is 7.72. The van der Waals surface area contributed by atoms with Crippen LogP contribution >= 0.6 is 19.0 Å². The van der Waals surface area contributed by atoms with Gasteiger partial charge in [0.1, 0.15) is 23.7 Å². The van der Waals surface area contributed by atoms with E-state index in [-0.39, 0.29) is 25.1 Å². The normalized spacial score (nSPS) is 15.3. The van der Waals surface area contributed by atoms with Gasteiger partial charge in [0.05, 0.1) is 25.6 Å². The first-order valence-electron chi connectivity index (χ1n) is 12.1. The van der Waals surface area contributed by atoms with Crippen molar-refractivity contribution in [2.75, 3.05) is 18.7 Å². The zero-order chi connectivity index (χ0) is 27.2. The van der Waals surface area contributed by atoms with Crippen LogP contribution in [0, 0.1) is 0 Å². The molecule has 1 unspecified atom stereocenters. The van der Waals surface area contributed by atoms with Crippen LogP contribution in [0.2, 0.25) is 5.02 Å². The molecule has 0 aliphatic carbocycles. The number of nitrogens with one attached hydrogen (secondary N) is 2. The SMILES string of the molecule is CCCOC(=O)C(C)(C)NP(=O)(CO[C@H](C)Cn1cnc2c(N)ncnc21)N[C@H](C)c1ccc(Cl)cc1. The van der Waals surface area contributed by atoms with E-state index in [1.165, 1.54) is 6.33 Å². The van der Waals surface area contributed by atoms with Crippen molar-refractivity contribution in [3.05, 3.63) is 47.5 Å². The summed E-state index contributed by atoms with van der Waals surface area (Å²) < 4.78 is 27.3. The third-order valence-electron chi connectivity index (χ3n) is 5.60. The number of carbonyl (C=O) groups excluding carboxylic acids is 1. The fourth-order valence-electron chi connectivity index (χ4n) is 3.71. The molecule has 13 heteroatoms. The Labute approximate surface area is 222 Å². The number of ether oxygens (including phenoxy) is 2. The van der Waals surface area contributed by atoms with Gasteiger partial charge in [-0.25, -0.2) is 25.1 Å². The highest BCUT2D eigenvalue weighted by Gasteiger charge is 2.38. The summed E-state index contributed by atoms with van der Waals surface area (Å²) in [6.07, 6.45) is 3.13. The maximum Gasteiger partial charge on any atom is 0.326 e. The van der Waals surface area contributed by atoms with Gasteiger partial charge >= 0.3 is 5.97 Å². The Morgan fingerprint density at radius 2 is 1.92 bits per heavy atom. The fraction of sp³-hybridized carbons (Fsp3) is 0.500. The second-order valence-electron chi connectivity index (χ2n) is 9.45. The fourth-order valence-corrected chi connectivity index (χ4v) is 6.27. The van der Waals surface area contributed by atoms with Crippen LogP contribution < -0.4 is 15.9 Å². The minimum absolute atomic E-state index is 0.180. The third-order valence-corrected chi connectivity index (χ3v) is 8.09. The number of rotatable bonds is 13. The Morgan fingerprint density at radius 3 is 2.59 bits per heavy atom. The number of hydrogen-bond acceptors (Lipinski definition) is 8. The molecule has 4 N–H and O–H groups in total. The van der Waals surface area contributed by atoms with Gasteiger partial charge in [-0.15, -0.1) is 0 Å². The molecular weight excluding hydrogens is 517 g/mol. The van der Waals surface area contributed by atoms with Crippen molar-refractivity contribution < 1.29 is 18.8 Å². The monoisotopic (exact) mass is 551 g/mol. The van der Waals surface area contributed by atoms with E-state index in [0.717, 1.165) is 5.56 Å². The lowest BCUT2D eigenvalue weighted by Crippen LogP contribution is -2.49. The second-order valence-corrected chi connectivity index (χ2v) is 12.1. The average molecular weight is 552 g/mol. The molecule has 3 aromatic rings. The first-order chi connectivity index (χ1) is 17.4. The number of anilines is 1. The van der Waals surface area contributed by atoms with Crippen LogP contribution in [0.25, 0.3) is 11.2 Å². The van der Waals surface area contributed by atoms with Crippen molar-refractivity contribution in [1.82, 2.24) is 29.7 Å². The predicted molar refractivity (Wildman–Crippen MR) is 144 cm³/mol. The highest BCUT2D eigenvalue weighted by molar-refractivity contribution is 7.59. The summed E-state index contributed by atoms with van der Waals surface area (Å²) in [5.74, 6) is -0.200. The van der Waals surface area contributed by atoms with E-state index in [4.69, 9.17) is 26.8 Å². The van der Waals surface area contributed by atoms with E-state index in [2.05, 4.69) is 25.1 Å². The first kappa shape index (κ1) is 29.0. The number of hydrogen-bond donors (Lipinski definition) is 3. The van der Waals surface area contributed by atoms with Crippen LogP contribution in [0.4, 0.5) is 5.82 Å². The summed E-state index contributed by atoms with van der Waals surface area (Å²) in [7, 11) is -3.49. The summed E-state index contributed by atoms with van der Waals surface area (Å²) in [4.78, 5) is 25.1. The molecule has 0 saturated heterocycles. The molecule has 11 nitrogen and oxygen atoms in total. The predicted octanol–water partition coefficient (Wildman–Crippen LogP) is 4.29. The number of imidazole rings is 1. The molecule has 37 heavy (non-hydrogen) atoms. The number of nitrogens with zero attached hydrogens (tertiary/aromatic N) is 4. The topological polar surface area (TPSA) is 146 Å². The maximum absolute atomic E-state index is 14.2. The molecule has 0 fully saturated rings. The Hall–Kier alpha value is -2.56. The molecular formula is C24H35ClN7O4P. The average Bonchev–Trinajstić information content (AvgIpc) is 3.25. The Balaban J connectivity index is 1.76. The zero-order valence-electron chi connectivity index (χ0n) is 21.8. The quantitative estimate of drug-likeness (QED) is 0.207. The van der Waals surface area contributed by atoms with Gasteiger partial charge in [0.15, 0.2) is 11.5 Å². The standard InChI is InChI=1S/C24H35ClN7O4P/c1-6-11-35-23(33)24(4,5)31-37(34,30-17(3)18-7-9-19(25)10-8-18)15-36-16(2)12-32-14-29-20-21(26)27-13-28-22(20)32/h7-10,13-14,16-17H,6,11-12,15H2,1-5H3,(H2,26,27,28)(H2,30,31,34)/t16-,17-,37?/m1/s1. The number of esters is 1.